The van der Waals surface area contributed by atoms with E-state index in [1.54, 1.807) is 13.0 Å². The van der Waals surface area contributed by atoms with Crippen molar-refractivity contribution in [3.8, 4) is 0 Å². The minimum absolute atomic E-state index is 0.283. The normalized spacial score (nSPS) is 9.69. The number of amides is 2. The van der Waals surface area contributed by atoms with Crippen LogP contribution in [0.4, 0.5) is 5.69 Å². The molecule has 0 unspecified atom stereocenters. The van der Waals surface area contributed by atoms with Gasteiger partial charge >= 0.3 is 11.8 Å². The third-order valence-electron chi connectivity index (χ3n) is 1.72. The molecule has 16 heavy (non-hydrogen) atoms. The van der Waals surface area contributed by atoms with Gasteiger partial charge in [-0.15, -0.1) is 0 Å². The van der Waals surface area contributed by atoms with E-state index in [2.05, 4.69) is 10.6 Å². The first-order valence-corrected chi connectivity index (χ1v) is 5.34. The molecule has 0 aliphatic rings. The largest absolute Gasteiger partial charge is 0.348 e. The maximum atomic E-state index is 11.3. The number of hydrogen-bond acceptors (Lipinski definition) is 2. The standard InChI is InChI=1S/C10H10Cl2N2O2/c1-2-13-9(15)10(16)14-8-4-3-6(11)5-7(8)12/h3-5H,2H2,1H3,(H,13,15)(H,14,16). The Bertz CT molecular complexity index is 421. The van der Waals surface area contributed by atoms with Gasteiger partial charge in [0.15, 0.2) is 0 Å². The molecule has 1 rings (SSSR count). The van der Waals surface area contributed by atoms with E-state index in [1.165, 1.54) is 12.1 Å². The van der Waals surface area contributed by atoms with E-state index < -0.39 is 11.8 Å². The summed E-state index contributed by atoms with van der Waals surface area (Å²) in [6.45, 7) is 2.11. The van der Waals surface area contributed by atoms with Crippen molar-refractivity contribution >= 4 is 40.7 Å². The highest BCUT2D eigenvalue weighted by atomic mass is 35.5. The topological polar surface area (TPSA) is 58.2 Å². The maximum Gasteiger partial charge on any atom is 0.313 e. The fourth-order valence-corrected chi connectivity index (χ4v) is 1.47. The summed E-state index contributed by atoms with van der Waals surface area (Å²) < 4.78 is 0. The van der Waals surface area contributed by atoms with Crippen molar-refractivity contribution in [1.82, 2.24) is 5.32 Å². The van der Waals surface area contributed by atoms with E-state index in [9.17, 15) is 9.59 Å². The summed E-state index contributed by atoms with van der Waals surface area (Å²) in [4.78, 5) is 22.5. The second-order valence-corrected chi connectivity index (χ2v) is 3.78. The highest BCUT2D eigenvalue weighted by Gasteiger charge is 2.13. The molecule has 0 saturated heterocycles. The molecule has 0 heterocycles. The summed E-state index contributed by atoms with van der Waals surface area (Å²) in [7, 11) is 0. The predicted molar refractivity (Wildman–Crippen MR) is 63.8 cm³/mol. The maximum absolute atomic E-state index is 11.3. The molecule has 0 aliphatic carbocycles. The van der Waals surface area contributed by atoms with Crippen molar-refractivity contribution in [3.63, 3.8) is 0 Å². The third kappa shape index (κ3) is 3.40. The Hall–Kier alpha value is -1.26. The molecule has 0 radical (unpaired) electrons. The number of rotatable bonds is 2. The van der Waals surface area contributed by atoms with Crippen LogP contribution in [-0.4, -0.2) is 18.4 Å². The second kappa shape index (κ2) is 5.72. The van der Waals surface area contributed by atoms with Crippen molar-refractivity contribution in [2.45, 2.75) is 6.92 Å². The van der Waals surface area contributed by atoms with Crippen molar-refractivity contribution < 1.29 is 9.59 Å². The summed E-state index contributed by atoms with van der Waals surface area (Å²) in [6, 6.07) is 4.58. The van der Waals surface area contributed by atoms with E-state index in [4.69, 9.17) is 23.2 Å². The van der Waals surface area contributed by atoms with E-state index in [0.717, 1.165) is 0 Å². The van der Waals surface area contributed by atoms with Crippen LogP contribution < -0.4 is 10.6 Å². The zero-order chi connectivity index (χ0) is 12.1. The number of nitrogens with one attached hydrogen (secondary N) is 2. The van der Waals surface area contributed by atoms with Crippen LogP contribution in [0.2, 0.25) is 10.0 Å². The quantitative estimate of drug-likeness (QED) is 0.800. The molecule has 2 amide bonds. The van der Waals surface area contributed by atoms with Gasteiger partial charge in [-0.1, -0.05) is 23.2 Å². The molecule has 0 spiro atoms. The van der Waals surface area contributed by atoms with Crippen molar-refractivity contribution in [3.05, 3.63) is 28.2 Å². The van der Waals surface area contributed by atoms with Gasteiger partial charge in [0.2, 0.25) is 0 Å². The van der Waals surface area contributed by atoms with Crippen LogP contribution in [-0.2, 0) is 9.59 Å². The number of likely N-dealkylation sites (N-methyl/N-ethyl adjacent to an activating group) is 1. The lowest BCUT2D eigenvalue weighted by atomic mass is 10.3. The zero-order valence-corrected chi connectivity index (χ0v) is 10.0. The molecule has 0 atom stereocenters. The SMILES string of the molecule is CCNC(=O)C(=O)Nc1ccc(Cl)cc1Cl. The van der Waals surface area contributed by atoms with Crippen molar-refractivity contribution in [1.29, 1.82) is 0 Å². The van der Waals surface area contributed by atoms with Crippen LogP contribution in [0.5, 0.6) is 0 Å². The fourth-order valence-electron chi connectivity index (χ4n) is 1.01. The number of halogens is 2. The number of carbonyl (C=O) groups excluding carboxylic acids is 2. The molecule has 0 bridgehead atoms. The van der Waals surface area contributed by atoms with Gasteiger partial charge < -0.3 is 10.6 Å². The van der Waals surface area contributed by atoms with Crippen LogP contribution in [0.1, 0.15) is 6.92 Å². The minimum atomic E-state index is -0.758. The van der Waals surface area contributed by atoms with Crippen LogP contribution >= 0.6 is 23.2 Å². The van der Waals surface area contributed by atoms with Gasteiger partial charge in [-0.2, -0.15) is 0 Å². The molecular weight excluding hydrogens is 251 g/mol. The van der Waals surface area contributed by atoms with Crippen LogP contribution in [0.15, 0.2) is 18.2 Å². The Morgan fingerprint density at radius 2 is 1.94 bits per heavy atom. The first-order valence-electron chi connectivity index (χ1n) is 4.58. The molecule has 4 nitrogen and oxygen atoms in total. The average molecular weight is 261 g/mol. The van der Waals surface area contributed by atoms with E-state index in [1.807, 2.05) is 0 Å². The number of carbonyl (C=O) groups is 2. The van der Waals surface area contributed by atoms with E-state index in [-0.39, 0.29) is 5.02 Å². The van der Waals surface area contributed by atoms with Gasteiger partial charge in [-0.05, 0) is 25.1 Å². The first-order chi connectivity index (χ1) is 7.54. The summed E-state index contributed by atoms with van der Waals surface area (Å²) in [6.07, 6.45) is 0. The van der Waals surface area contributed by atoms with Gasteiger partial charge in [0.1, 0.15) is 0 Å². The van der Waals surface area contributed by atoms with Crippen LogP contribution in [0.3, 0.4) is 0 Å². The van der Waals surface area contributed by atoms with E-state index >= 15 is 0 Å². The van der Waals surface area contributed by atoms with Crippen molar-refractivity contribution in [2.75, 3.05) is 11.9 Å². The Morgan fingerprint density at radius 1 is 1.25 bits per heavy atom. The molecule has 0 aliphatic heterocycles. The molecule has 1 aromatic rings. The van der Waals surface area contributed by atoms with E-state index in [0.29, 0.717) is 17.3 Å². The van der Waals surface area contributed by atoms with Crippen LogP contribution in [0, 0.1) is 0 Å². The number of hydrogen-bond donors (Lipinski definition) is 2. The van der Waals surface area contributed by atoms with Gasteiger partial charge in [-0.25, -0.2) is 0 Å². The monoisotopic (exact) mass is 260 g/mol. The highest BCUT2D eigenvalue weighted by Crippen LogP contribution is 2.25. The Labute approximate surface area is 103 Å². The number of benzene rings is 1. The Morgan fingerprint density at radius 3 is 2.50 bits per heavy atom. The lowest BCUT2D eigenvalue weighted by Gasteiger charge is -2.06. The molecule has 86 valence electrons. The van der Waals surface area contributed by atoms with Crippen LogP contribution in [0.25, 0.3) is 0 Å². The van der Waals surface area contributed by atoms with Crippen molar-refractivity contribution in [2.24, 2.45) is 0 Å². The molecule has 0 aromatic heterocycles. The number of anilines is 1. The third-order valence-corrected chi connectivity index (χ3v) is 2.27. The summed E-state index contributed by atoms with van der Waals surface area (Å²) >= 11 is 11.5. The smallest absolute Gasteiger partial charge is 0.313 e. The molecule has 0 fully saturated rings. The second-order valence-electron chi connectivity index (χ2n) is 2.94. The molecule has 1 aromatic carbocycles. The van der Waals surface area contributed by atoms with Gasteiger partial charge in [0, 0.05) is 11.6 Å². The summed E-state index contributed by atoms with van der Waals surface area (Å²) in [5.41, 5.74) is 0.349. The lowest BCUT2D eigenvalue weighted by Crippen LogP contribution is -2.35. The van der Waals surface area contributed by atoms with Gasteiger partial charge in [0.05, 0.1) is 10.7 Å². The first kappa shape index (κ1) is 12.8. The summed E-state index contributed by atoms with van der Waals surface area (Å²) in [5.74, 6) is -1.46. The average Bonchev–Trinajstić information content (AvgIpc) is 2.22. The molecule has 2 N–H and O–H groups in total. The minimum Gasteiger partial charge on any atom is -0.348 e. The fraction of sp³-hybridized carbons (Fsp3) is 0.200. The molecule has 6 heteroatoms. The Kier molecular flexibility index (Phi) is 4.58. The molecular formula is C10H10Cl2N2O2. The Balaban J connectivity index is 2.73. The zero-order valence-electron chi connectivity index (χ0n) is 8.51. The van der Waals surface area contributed by atoms with Gasteiger partial charge in [-0.3, -0.25) is 9.59 Å². The summed E-state index contributed by atoms with van der Waals surface area (Å²) in [5, 5.41) is 5.50. The molecule has 0 saturated carbocycles. The lowest BCUT2D eigenvalue weighted by molar-refractivity contribution is -0.136. The van der Waals surface area contributed by atoms with Gasteiger partial charge in [0.25, 0.3) is 0 Å². The predicted octanol–water partition coefficient (Wildman–Crippen LogP) is 2.07. The highest BCUT2D eigenvalue weighted by molar-refractivity contribution is 6.42.